The molecule has 2 aromatic heterocycles. The molecule has 3 nitrogen and oxygen atoms in total. The van der Waals surface area contributed by atoms with Crippen molar-refractivity contribution in [3.8, 4) is 0 Å². The van der Waals surface area contributed by atoms with Gasteiger partial charge in [0.2, 0.25) is 0 Å². The van der Waals surface area contributed by atoms with E-state index in [4.69, 9.17) is 0 Å². The van der Waals surface area contributed by atoms with Crippen LogP contribution in [0.25, 0.3) is 10.9 Å². The molecule has 0 aliphatic carbocycles. The van der Waals surface area contributed by atoms with Crippen molar-refractivity contribution in [1.82, 2.24) is 9.55 Å². The van der Waals surface area contributed by atoms with Gasteiger partial charge in [-0.1, -0.05) is 12.1 Å². The molecule has 84 valence electrons. The molecule has 0 saturated heterocycles. The van der Waals surface area contributed by atoms with E-state index in [-0.39, 0.29) is 0 Å². The molecule has 0 unspecified atom stereocenters. The minimum absolute atomic E-state index is 0.705. The highest BCUT2D eigenvalue weighted by molar-refractivity contribution is 7.09. The molecule has 0 spiro atoms. The van der Waals surface area contributed by atoms with Crippen LogP contribution in [0.4, 0.5) is 0 Å². The molecular formula is C13H10N2OS. The van der Waals surface area contributed by atoms with Crippen molar-refractivity contribution in [3.05, 3.63) is 52.6 Å². The third-order valence-corrected chi connectivity index (χ3v) is 3.49. The van der Waals surface area contributed by atoms with E-state index in [1.54, 1.807) is 11.3 Å². The quantitative estimate of drug-likeness (QED) is 0.662. The SMILES string of the molecule is O=Cc1ccc2ccn(Cc3nccs3)c2c1. The molecule has 3 rings (SSSR count). The Morgan fingerprint density at radius 1 is 1.35 bits per heavy atom. The van der Waals surface area contributed by atoms with Gasteiger partial charge in [-0.2, -0.15) is 0 Å². The van der Waals surface area contributed by atoms with Crippen molar-refractivity contribution in [3.63, 3.8) is 0 Å². The van der Waals surface area contributed by atoms with Gasteiger partial charge >= 0.3 is 0 Å². The van der Waals surface area contributed by atoms with Gasteiger partial charge in [-0.15, -0.1) is 11.3 Å². The van der Waals surface area contributed by atoms with E-state index in [9.17, 15) is 4.79 Å². The average Bonchev–Trinajstić information content (AvgIpc) is 2.99. The first-order valence-corrected chi connectivity index (χ1v) is 6.17. The van der Waals surface area contributed by atoms with E-state index in [1.807, 2.05) is 36.0 Å². The largest absolute Gasteiger partial charge is 0.341 e. The molecule has 0 saturated carbocycles. The smallest absolute Gasteiger partial charge is 0.150 e. The Balaban J connectivity index is 2.07. The fraction of sp³-hybridized carbons (Fsp3) is 0.0769. The molecule has 2 heterocycles. The number of thiazole rings is 1. The van der Waals surface area contributed by atoms with Crippen molar-refractivity contribution in [2.45, 2.75) is 6.54 Å². The van der Waals surface area contributed by atoms with Crippen molar-refractivity contribution in [2.75, 3.05) is 0 Å². The number of benzene rings is 1. The molecular weight excluding hydrogens is 232 g/mol. The number of hydrogen-bond acceptors (Lipinski definition) is 3. The summed E-state index contributed by atoms with van der Waals surface area (Å²) in [5, 5.41) is 4.18. The maximum absolute atomic E-state index is 10.8. The van der Waals surface area contributed by atoms with Crippen molar-refractivity contribution in [1.29, 1.82) is 0 Å². The molecule has 4 heteroatoms. The summed E-state index contributed by atoms with van der Waals surface area (Å²) >= 11 is 1.64. The molecule has 3 aromatic rings. The predicted octanol–water partition coefficient (Wildman–Crippen LogP) is 2.96. The lowest BCUT2D eigenvalue weighted by molar-refractivity contribution is 0.112. The molecule has 0 atom stereocenters. The van der Waals surface area contributed by atoms with Gasteiger partial charge in [-0.3, -0.25) is 4.79 Å². The zero-order valence-electron chi connectivity index (χ0n) is 9.04. The van der Waals surface area contributed by atoms with Crippen LogP contribution in [-0.2, 0) is 6.54 Å². The van der Waals surface area contributed by atoms with Crippen molar-refractivity contribution in [2.24, 2.45) is 0 Å². The summed E-state index contributed by atoms with van der Waals surface area (Å²) in [5.74, 6) is 0. The van der Waals surface area contributed by atoms with Gasteiger partial charge < -0.3 is 4.57 Å². The Labute approximate surface area is 102 Å². The van der Waals surface area contributed by atoms with E-state index < -0.39 is 0 Å². The summed E-state index contributed by atoms with van der Waals surface area (Å²) in [6.45, 7) is 0.753. The molecule has 17 heavy (non-hydrogen) atoms. The van der Waals surface area contributed by atoms with Crippen LogP contribution in [0, 0.1) is 0 Å². The van der Waals surface area contributed by atoms with Crippen LogP contribution in [-0.4, -0.2) is 15.8 Å². The Kier molecular flexibility index (Phi) is 2.49. The molecule has 0 amide bonds. The zero-order valence-corrected chi connectivity index (χ0v) is 9.85. The molecule has 0 N–H and O–H groups in total. The third kappa shape index (κ3) is 1.87. The lowest BCUT2D eigenvalue weighted by Gasteiger charge is -2.02. The third-order valence-electron chi connectivity index (χ3n) is 2.72. The number of nitrogens with zero attached hydrogens (tertiary/aromatic N) is 2. The second-order valence-electron chi connectivity index (χ2n) is 3.81. The number of aromatic nitrogens is 2. The second-order valence-corrected chi connectivity index (χ2v) is 4.78. The monoisotopic (exact) mass is 242 g/mol. The van der Waals surface area contributed by atoms with Crippen molar-refractivity contribution < 1.29 is 4.79 Å². The standard InChI is InChI=1S/C13H10N2OS/c16-9-10-1-2-11-3-5-15(12(11)7-10)8-13-14-4-6-17-13/h1-7,9H,8H2. The highest BCUT2D eigenvalue weighted by Crippen LogP contribution is 2.19. The van der Waals surface area contributed by atoms with Crippen LogP contribution < -0.4 is 0 Å². The fourth-order valence-electron chi connectivity index (χ4n) is 1.89. The van der Waals surface area contributed by atoms with Gasteiger partial charge in [-0.25, -0.2) is 4.98 Å². The summed E-state index contributed by atoms with van der Waals surface area (Å²) in [4.78, 5) is 15.0. The van der Waals surface area contributed by atoms with E-state index in [0.717, 1.165) is 28.7 Å². The predicted molar refractivity (Wildman–Crippen MR) is 68.5 cm³/mol. The molecule has 0 aliphatic rings. The topological polar surface area (TPSA) is 34.9 Å². The Hall–Kier alpha value is -1.94. The summed E-state index contributed by atoms with van der Waals surface area (Å²) in [5.41, 5.74) is 1.78. The lowest BCUT2D eigenvalue weighted by atomic mass is 10.2. The van der Waals surface area contributed by atoms with Gasteiger partial charge in [0.15, 0.2) is 0 Å². The summed E-state index contributed by atoms with van der Waals surface area (Å²) in [6, 6.07) is 7.77. The Morgan fingerprint density at radius 2 is 2.29 bits per heavy atom. The van der Waals surface area contributed by atoms with Gasteiger partial charge in [0.1, 0.15) is 11.3 Å². The number of hydrogen-bond donors (Lipinski definition) is 0. The van der Waals surface area contributed by atoms with Crippen LogP contribution in [0.3, 0.4) is 0 Å². The zero-order chi connectivity index (χ0) is 11.7. The van der Waals surface area contributed by atoms with E-state index in [0.29, 0.717) is 5.56 Å². The van der Waals surface area contributed by atoms with Crippen molar-refractivity contribution >= 4 is 28.5 Å². The molecule has 0 bridgehead atoms. The summed E-state index contributed by atoms with van der Waals surface area (Å²) in [6.07, 6.45) is 4.71. The van der Waals surface area contributed by atoms with E-state index >= 15 is 0 Å². The Bertz CT molecular complexity index is 655. The number of carbonyl (C=O) groups is 1. The van der Waals surface area contributed by atoms with Crippen LogP contribution >= 0.6 is 11.3 Å². The summed E-state index contributed by atoms with van der Waals surface area (Å²) in [7, 11) is 0. The molecule has 0 radical (unpaired) electrons. The number of fused-ring (bicyclic) bond motifs is 1. The highest BCUT2D eigenvalue weighted by atomic mass is 32.1. The minimum Gasteiger partial charge on any atom is -0.341 e. The van der Waals surface area contributed by atoms with Crippen LogP contribution in [0.1, 0.15) is 15.4 Å². The molecule has 1 aromatic carbocycles. The van der Waals surface area contributed by atoms with E-state index in [1.165, 1.54) is 0 Å². The first-order chi connectivity index (χ1) is 8.36. The number of rotatable bonds is 3. The maximum Gasteiger partial charge on any atom is 0.150 e. The van der Waals surface area contributed by atoms with Gasteiger partial charge in [0.05, 0.1) is 6.54 Å². The van der Waals surface area contributed by atoms with E-state index in [2.05, 4.69) is 15.6 Å². The number of carbonyl (C=O) groups excluding carboxylic acids is 1. The molecule has 0 aliphatic heterocycles. The lowest BCUT2D eigenvalue weighted by Crippen LogP contribution is -1.97. The first-order valence-electron chi connectivity index (χ1n) is 5.29. The normalized spacial score (nSPS) is 10.8. The first kappa shape index (κ1) is 10.2. The highest BCUT2D eigenvalue weighted by Gasteiger charge is 2.04. The van der Waals surface area contributed by atoms with Crippen LogP contribution in [0.5, 0.6) is 0 Å². The Morgan fingerprint density at radius 3 is 3.06 bits per heavy atom. The van der Waals surface area contributed by atoms with Crippen LogP contribution in [0.2, 0.25) is 0 Å². The summed E-state index contributed by atoms with van der Waals surface area (Å²) < 4.78 is 2.11. The molecule has 0 fully saturated rings. The second kappa shape index (κ2) is 4.14. The van der Waals surface area contributed by atoms with Crippen LogP contribution in [0.15, 0.2) is 42.0 Å². The minimum atomic E-state index is 0.705. The van der Waals surface area contributed by atoms with Gasteiger partial charge in [0, 0.05) is 28.9 Å². The van der Waals surface area contributed by atoms with Gasteiger partial charge in [0.25, 0.3) is 0 Å². The maximum atomic E-state index is 10.8. The fourth-order valence-corrected chi connectivity index (χ4v) is 2.50. The number of aldehydes is 1. The van der Waals surface area contributed by atoms with Gasteiger partial charge in [-0.05, 0) is 17.5 Å². The average molecular weight is 242 g/mol.